The number of benzene rings is 8. The van der Waals surface area contributed by atoms with Crippen LogP contribution in [-0.2, 0) is 0 Å². The zero-order chi connectivity index (χ0) is 41.0. The average Bonchev–Trinajstić information content (AvgIpc) is 3.91. The molecule has 0 radical (unpaired) electrons. The normalized spacial score (nSPS) is 12.9. The summed E-state index contributed by atoms with van der Waals surface area (Å²) in [6, 6.07) is 68.2. The largest absolute Gasteiger partial charge is 0.454 e. The third kappa shape index (κ3) is 6.13. The van der Waals surface area contributed by atoms with Gasteiger partial charge in [0.2, 0.25) is 0 Å². The van der Waals surface area contributed by atoms with Gasteiger partial charge in [0, 0.05) is 32.7 Å². The molecular weight excluding hydrogens is 757 g/mol. The van der Waals surface area contributed by atoms with Crippen molar-refractivity contribution in [3.63, 3.8) is 0 Å². The Labute approximate surface area is 358 Å². The maximum Gasteiger partial charge on any atom is 0.164 e. The predicted molar refractivity (Wildman–Crippen MR) is 255 cm³/mol. The molecule has 11 aromatic rings. The van der Waals surface area contributed by atoms with Crippen LogP contribution >= 0.6 is 0 Å². The lowest BCUT2D eigenvalue weighted by Gasteiger charge is -2.16. The monoisotopic (exact) mass is 794 g/mol. The quantitative estimate of drug-likeness (QED) is 0.161. The van der Waals surface area contributed by atoms with Gasteiger partial charge in [-0.05, 0) is 82.1 Å². The first-order valence-electron chi connectivity index (χ1n) is 21.1. The molecule has 3 aromatic heterocycles. The number of fused-ring (bicyclic) bond motifs is 6. The Bertz CT molecular complexity index is 3550. The lowest BCUT2D eigenvalue weighted by Crippen LogP contribution is -2.04. The van der Waals surface area contributed by atoms with E-state index in [1.165, 1.54) is 38.6 Å². The summed E-state index contributed by atoms with van der Waals surface area (Å²) < 4.78 is 9.26. The van der Waals surface area contributed by atoms with Crippen LogP contribution in [-0.4, -0.2) is 19.5 Å². The third-order valence-corrected chi connectivity index (χ3v) is 12.2. The summed E-state index contributed by atoms with van der Waals surface area (Å²) in [7, 11) is 0. The van der Waals surface area contributed by atoms with E-state index in [4.69, 9.17) is 19.4 Å². The van der Waals surface area contributed by atoms with E-state index in [-0.39, 0.29) is 0 Å². The zero-order valence-electron chi connectivity index (χ0n) is 33.7. The van der Waals surface area contributed by atoms with Crippen molar-refractivity contribution in [2.24, 2.45) is 0 Å². The molecule has 1 aliphatic rings. The van der Waals surface area contributed by atoms with Gasteiger partial charge in [0.1, 0.15) is 5.58 Å². The molecule has 0 aliphatic heterocycles. The van der Waals surface area contributed by atoms with Gasteiger partial charge in [0.15, 0.2) is 23.1 Å². The summed E-state index contributed by atoms with van der Waals surface area (Å²) >= 11 is 0. The van der Waals surface area contributed by atoms with Crippen LogP contribution in [0, 0.1) is 0 Å². The van der Waals surface area contributed by atoms with E-state index in [1.54, 1.807) is 0 Å². The number of nitrogens with zero attached hydrogens (tertiary/aromatic N) is 4. The molecule has 5 heteroatoms. The highest BCUT2D eigenvalue weighted by molar-refractivity contribution is 6.16. The van der Waals surface area contributed by atoms with Crippen molar-refractivity contribution < 1.29 is 4.42 Å². The number of para-hydroxylation sites is 2. The highest BCUT2D eigenvalue weighted by Crippen LogP contribution is 2.42. The zero-order valence-corrected chi connectivity index (χ0v) is 33.7. The van der Waals surface area contributed by atoms with Gasteiger partial charge in [-0.25, -0.2) is 15.0 Å². The maximum atomic E-state index is 6.92. The summed E-state index contributed by atoms with van der Waals surface area (Å²) in [6.45, 7) is 0. The minimum atomic E-state index is 0.611. The number of hydrogen-bond donors (Lipinski definition) is 0. The summed E-state index contributed by atoms with van der Waals surface area (Å²) in [5.41, 5.74) is 15.0. The van der Waals surface area contributed by atoms with Gasteiger partial charge < -0.3 is 8.98 Å². The second-order valence-corrected chi connectivity index (χ2v) is 15.9. The topological polar surface area (TPSA) is 56.7 Å². The van der Waals surface area contributed by atoms with E-state index in [2.05, 4.69) is 193 Å². The van der Waals surface area contributed by atoms with Crippen molar-refractivity contribution in [1.82, 2.24) is 19.5 Å². The molecule has 1 aliphatic carbocycles. The fraction of sp³-hybridized carbons (Fsp3) is 0.0351. The fourth-order valence-electron chi connectivity index (χ4n) is 9.17. The number of rotatable bonds is 7. The van der Waals surface area contributed by atoms with E-state index in [0.717, 1.165) is 73.8 Å². The van der Waals surface area contributed by atoms with Crippen molar-refractivity contribution in [2.45, 2.75) is 12.8 Å². The van der Waals surface area contributed by atoms with E-state index in [9.17, 15) is 0 Å². The lowest BCUT2D eigenvalue weighted by atomic mass is 9.93. The number of furan rings is 1. The van der Waals surface area contributed by atoms with Crippen molar-refractivity contribution in [3.8, 4) is 50.7 Å². The Morgan fingerprint density at radius 2 is 0.952 bits per heavy atom. The van der Waals surface area contributed by atoms with Gasteiger partial charge in [-0.2, -0.15) is 0 Å². The van der Waals surface area contributed by atoms with E-state index in [0.29, 0.717) is 17.5 Å². The Morgan fingerprint density at radius 3 is 1.71 bits per heavy atom. The van der Waals surface area contributed by atoms with E-state index >= 15 is 0 Å². The van der Waals surface area contributed by atoms with Crippen LogP contribution < -0.4 is 0 Å². The number of aromatic nitrogens is 4. The smallest absolute Gasteiger partial charge is 0.164 e. The van der Waals surface area contributed by atoms with Crippen LogP contribution in [0.25, 0.3) is 106 Å². The van der Waals surface area contributed by atoms with Crippen molar-refractivity contribution >= 4 is 54.9 Å². The molecule has 0 spiro atoms. The van der Waals surface area contributed by atoms with Gasteiger partial charge >= 0.3 is 0 Å². The predicted octanol–water partition coefficient (Wildman–Crippen LogP) is 14.8. The standard InChI is InChI=1S/C57H38N4O/c1-4-14-37(15-5-1)40-26-30-42(31-27-40)55-58-56(43-32-28-41(29-33-43)38-16-6-2-7-17-38)60-57(59-55)47-22-13-25-52-53(47)46-21-12-24-51(54(46)62-52)61-49-23-11-10-20-45(49)48-36-44(34-35-50(48)61)39-18-8-3-9-19-39/h1-28,30-32,34-36H,29,33H2. The minimum absolute atomic E-state index is 0.611. The molecule has 0 fully saturated rings. The molecule has 3 heterocycles. The van der Waals surface area contributed by atoms with Gasteiger partial charge in [0.05, 0.1) is 16.7 Å². The molecular formula is C57H38N4O. The molecule has 0 atom stereocenters. The SMILES string of the molecule is C1=C(c2ccccc2)CCC(c2nc(-c3ccc(-c4ccccc4)cc3)nc(-c3cccc4oc5c(-n6c7ccccc7c7cc(-c8ccccc8)ccc76)cccc5c34)n2)=C1. The molecule has 62 heavy (non-hydrogen) atoms. The van der Waals surface area contributed by atoms with Crippen LogP contribution in [0.4, 0.5) is 0 Å². The molecule has 5 nitrogen and oxygen atoms in total. The summed E-state index contributed by atoms with van der Waals surface area (Å²) in [4.78, 5) is 15.7. The molecule has 0 amide bonds. The van der Waals surface area contributed by atoms with Crippen molar-refractivity contribution in [3.05, 3.63) is 218 Å². The van der Waals surface area contributed by atoms with Gasteiger partial charge in [0.25, 0.3) is 0 Å². The average molecular weight is 795 g/mol. The maximum absolute atomic E-state index is 6.92. The van der Waals surface area contributed by atoms with E-state index in [1.807, 2.05) is 18.2 Å². The van der Waals surface area contributed by atoms with Gasteiger partial charge in [-0.15, -0.1) is 0 Å². The first kappa shape index (κ1) is 35.8. The Morgan fingerprint density at radius 1 is 0.387 bits per heavy atom. The highest BCUT2D eigenvalue weighted by Gasteiger charge is 2.23. The molecule has 0 bridgehead atoms. The molecule has 0 saturated heterocycles. The highest BCUT2D eigenvalue weighted by atomic mass is 16.3. The Kier molecular flexibility index (Phi) is 8.56. The van der Waals surface area contributed by atoms with Crippen molar-refractivity contribution in [2.75, 3.05) is 0 Å². The molecule has 0 saturated carbocycles. The van der Waals surface area contributed by atoms with Gasteiger partial charge in [-0.3, -0.25) is 0 Å². The summed E-state index contributed by atoms with van der Waals surface area (Å²) in [5.74, 6) is 1.93. The molecule has 292 valence electrons. The lowest BCUT2D eigenvalue weighted by molar-refractivity contribution is 0.666. The van der Waals surface area contributed by atoms with Crippen LogP contribution in [0.2, 0.25) is 0 Å². The molecule has 12 rings (SSSR count). The minimum Gasteiger partial charge on any atom is -0.454 e. The second kappa shape index (κ2) is 14.8. The van der Waals surface area contributed by atoms with Crippen LogP contribution in [0.5, 0.6) is 0 Å². The Balaban J connectivity index is 1.03. The van der Waals surface area contributed by atoms with Crippen LogP contribution in [0.1, 0.15) is 24.2 Å². The first-order valence-corrected chi connectivity index (χ1v) is 21.1. The molecule has 0 N–H and O–H groups in total. The molecule has 8 aromatic carbocycles. The van der Waals surface area contributed by atoms with Crippen LogP contribution in [0.3, 0.4) is 0 Å². The molecule has 0 unspecified atom stereocenters. The summed E-state index contributed by atoms with van der Waals surface area (Å²) in [5, 5.41) is 4.37. The van der Waals surface area contributed by atoms with Crippen LogP contribution in [0.15, 0.2) is 211 Å². The fourth-order valence-corrected chi connectivity index (χ4v) is 9.17. The third-order valence-electron chi connectivity index (χ3n) is 12.2. The second-order valence-electron chi connectivity index (χ2n) is 15.9. The number of allylic oxidation sites excluding steroid dienone is 4. The first-order chi connectivity index (χ1) is 30.7. The van der Waals surface area contributed by atoms with Gasteiger partial charge in [-0.1, -0.05) is 176 Å². The number of hydrogen-bond acceptors (Lipinski definition) is 4. The Hall–Kier alpha value is -8.15. The summed E-state index contributed by atoms with van der Waals surface area (Å²) in [6.07, 6.45) is 6.13. The van der Waals surface area contributed by atoms with E-state index < -0.39 is 0 Å². The van der Waals surface area contributed by atoms with Crippen molar-refractivity contribution in [1.29, 1.82) is 0 Å².